The second-order valence-electron chi connectivity index (χ2n) is 11.3. The summed E-state index contributed by atoms with van der Waals surface area (Å²) in [6, 6.07) is 28.3. The molecule has 1 amide bonds. The zero-order valence-corrected chi connectivity index (χ0v) is 26.9. The Kier molecular flexibility index (Phi) is 11.4. The highest BCUT2D eigenvalue weighted by Gasteiger charge is 2.14. The highest BCUT2D eigenvalue weighted by atomic mass is 16.5. The van der Waals surface area contributed by atoms with Crippen LogP contribution in [-0.2, 0) is 11.3 Å². The lowest BCUT2D eigenvalue weighted by molar-refractivity contribution is -0.131. The molecule has 1 fully saturated rings. The smallest absolute Gasteiger partial charge is 0.308 e. The van der Waals surface area contributed by atoms with Gasteiger partial charge in [-0.05, 0) is 79.7 Å². The molecule has 10 heteroatoms. The first-order chi connectivity index (χ1) is 22.8. The van der Waals surface area contributed by atoms with Gasteiger partial charge in [0.05, 0.1) is 5.69 Å². The van der Waals surface area contributed by atoms with E-state index in [9.17, 15) is 9.59 Å². The standard InChI is InChI=1S/C29H31N7O.C8H8O2/c1-21-5-10-25(18-27(21)34-29-31-13-11-26(33-29)24-4-3-12-30-19-24)32-28(37)23-8-6-22(7-9-23)20-36-16-14-35(2)15-17-36;1-7(9)10-8-5-3-2-4-6-8/h3-13,18-19H,14-17,20H2,1-2H3,(H,32,37)(H,31,33,34);2-6H,1H3. The minimum absolute atomic E-state index is 0.143. The normalized spacial score (nSPS) is 13.2. The number of anilines is 3. The van der Waals surface area contributed by atoms with Crippen molar-refractivity contribution in [2.45, 2.75) is 20.4 Å². The van der Waals surface area contributed by atoms with Crippen LogP contribution in [0.5, 0.6) is 5.75 Å². The second-order valence-corrected chi connectivity index (χ2v) is 11.3. The highest BCUT2D eigenvalue weighted by molar-refractivity contribution is 6.04. The van der Waals surface area contributed by atoms with Gasteiger partial charge in [-0.15, -0.1) is 0 Å². The quantitative estimate of drug-likeness (QED) is 0.153. The molecule has 2 N–H and O–H groups in total. The lowest BCUT2D eigenvalue weighted by atomic mass is 10.1. The van der Waals surface area contributed by atoms with Crippen LogP contribution in [-0.4, -0.2) is 69.9 Å². The van der Waals surface area contributed by atoms with Crippen molar-refractivity contribution in [3.05, 3.63) is 126 Å². The van der Waals surface area contributed by atoms with E-state index >= 15 is 0 Å². The molecule has 1 aliphatic rings. The van der Waals surface area contributed by atoms with Gasteiger partial charge in [-0.1, -0.05) is 36.4 Å². The number of hydrogen-bond acceptors (Lipinski definition) is 9. The molecule has 0 aliphatic carbocycles. The number of benzene rings is 3. The predicted molar refractivity (Wildman–Crippen MR) is 185 cm³/mol. The number of rotatable bonds is 8. The fourth-order valence-corrected chi connectivity index (χ4v) is 4.93. The monoisotopic (exact) mass is 629 g/mol. The third-order valence-electron chi connectivity index (χ3n) is 7.58. The first-order valence-electron chi connectivity index (χ1n) is 15.5. The van der Waals surface area contributed by atoms with E-state index in [0.717, 1.165) is 55.2 Å². The molecule has 3 heterocycles. The van der Waals surface area contributed by atoms with Gasteiger partial charge in [0, 0.05) is 80.7 Å². The molecule has 5 aromatic rings. The average Bonchev–Trinajstić information content (AvgIpc) is 3.09. The van der Waals surface area contributed by atoms with Gasteiger partial charge in [-0.2, -0.15) is 0 Å². The second kappa shape index (κ2) is 16.2. The fraction of sp³-hybridized carbons (Fsp3) is 0.216. The van der Waals surface area contributed by atoms with Gasteiger partial charge in [0.25, 0.3) is 5.91 Å². The van der Waals surface area contributed by atoms with Gasteiger partial charge in [0.15, 0.2) is 0 Å². The zero-order valence-electron chi connectivity index (χ0n) is 26.9. The number of aryl methyl sites for hydroxylation is 1. The van der Waals surface area contributed by atoms with Gasteiger partial charge >= 0.3 is 5.97 Å². The van der Waals surface area contributed by atoms with E-state index in [-0.39, 0.29) is 11.9 Å². The molecule has 0 unspecified atom stereocenters. The summed E-state index contributed by atoms with van der Waals surface area (Å²) in [4.78, 5) is 41.3. The van der Waals surface area contributed by atoms with Crippen LogP contribution in [0, 0.1) is 6.92 Å². The molecular formula is C37H39N7O3. The summed E-state index contributed by atoms with van der Waals surface area (Å²) in [5, 5.41) is 6.29. The molecule has 2 aromatic heterocycles. The number of amides is 1. The van der Waals surface area contributed by atoms with Crippen LogP contribution in [0.2, 0.25) is 0 Å². The van der Waals surface area contributed by atoms with Crippen LogP contribution < -0.4 is 15.4 Å². The van der Waals surface area contributed by atoms with Crippen LogP contribution >= 0.6 is 0 Å². The summed E-state index contributed by atoms with van der Waals surface area (Å²) in [6.45, 7) is 8.62. The molecule has 1 aliphatic heterocycles. The summed E-state index contributed by atoms with van der Waals surface area (Å²) in [7, 11) is 2.16. The number of aromatic nitrogens is 3. The third-order valence-corrected chi connectivity index (χ3v) is 7.58. The van der Waals surface area contributed by atoms with E-state index in [4.69, 9.17) is 4.74 Å². The van der Waals surface area contributed by atoms with E-state index in [1.165, 1.54) is 12.5 Å². The lowest BCUT2D eigenvalue weighted by Crippen LogP contribution is -2.43. The van der Waals surface area contributed by atoms with Crippen molar-refractivity contribution in [1.29, 1.82) is 0 Å². The number of carbonyl (C=O) groups excluding carboxylic acids is 2. The molecule has 1 saturated heterocycles. The average molecular weight is 630 g/mol. The largest absolute Gasteiger partial charge is 0.427 e. The molecule has 10 nitrogen and oxygen atoms in total. The molecule has 0 spiro atoms. The topological polar surface area (TPSA) is 113 Å². The van der Waals surface area contributed by atoms with E-state index in [0.29, 0.717) is 22.9 Å². The maximum Gasteiger partial charge on any atom is 0.308 e. The predicted octanol–water partition coefficient (Wildman–Crippen LogP) is 6.20. The lowest BCUT2D eigenvalue weighted by Gasteiger charge is -2.32. The molecule has 47 heavy (non-hydrogen) atoms. The Morgan fingerprint density at radius 3 is 2.34 bits per heavy atom. The maximum absolute atomic E-state index is 12.9. The number of piperazine rings is 1. The zero-order chi connectivity index (χ0) is 33.0. The first kappa shape index (κ1) is 32.9. The summed E-state index contributed by atoms with van der Waals surface area (Å²) < 4.78 is 4.78. The highest BCUT2D eigenvalue weighted by Crippen LogP contribution is 2.25. The number of ether oxygens (including phenoxy) is 1. The minimum Gasteiger partial charge on any atom is -0.427 e. The van der Waals surface area contributed by atoms with Crippen LogP contribution in [0.3, 0.4) is 0 Å². The van der Waals surface area contributed by atoms with Gasteiger partial charge < -0.3 is 20.3 Å². The fourth-order valence-electron chi connectivity index (χ4n) is 4.93. The number of para-hydroxylation sites is 1. The summed E-state index contributed by atoms with van der Waals surface area (Å²) in [6.07, 6.45) is 5.22. The Morgan fingerprint density at radius 2 is 1.64 bits per heavy atom. The molecule has 0 bridgehead atoms. The molecule has 6 rings (SSSR count). The van der Waals surface area contributed by atoms with Crippen molar-refractivity contribution < 1.29 is 14.3 Å². The van der Waals surface area contributed by atoms with Crippen molar-refractivity contribution in [3.8, 4) is 17.0 Å². The van der Waals surface area contributed by atoms with Crippen LogP contribution in [0.1, 0.15) is 28.4 Å². The van der Waals surface area contributed by atoms with Crippen molar-refractivity contribution in [3.63, 3.8) is 0 Å². The Balaban J connectivity index is 0.000000371. The Labute approximate surface area is 275 Å². The third kappa shape index (κ3) is 10.0. The van der Waals surface area contributed by atoms with E-state index < -0.39 is 0 Å². The number of nitrogens with zero attached hydrogens (tertiary/aromatic N) is 5. The van der Waals surface area contributed by atoms with Gasteiger partial charge in [0.2, 0.25) is 5.95 Å². The van der Waals surface area contributed by atoms with Crippen LogP contribution in [0.15, 0.2) is 110 Å². The molecule has 0 saturated carbocycles. The number of carbonyl (C=O) groups is 2. The SMILES string of the molecule is CC(=O)Oc1ccccc1.Cc1ccc(NC(=O)c2ccc(CN3CCN(C)CC3)cc2)cc1Nc1nccc(-c2cccnc2)n1. The van der Waals surface area contributed by atoms with Crippen LogP contribution in [0.25, 0.3) is 11.3 Å². The van der Waals surface area contributed by atoms with Crippen molar-refractivity contribution in [1.82, 2.24) is 24.8 Å². The summed E-state index contributed by atoms with van der Waals surface area (Å²) in [5.41, 5.74) is 6.08. The van der Waals surface area contributed by atoms with Crippen molar-refractivity contribution in [2.24, 2.45) is 0 Å². The summed E-state index contributed by atoms with van der Waals surface area (Å²) >= 11 is 0. The summed E-state index contributed by atoms with van der Waals surface area (Å²) in [5.74, 6) is 0.640. The van der Waals surface area contributed by atoms with E-state index in [1.807, 2.05) is 85.8 Å². The Morgan fingerprint density at radius 1 is 0.872 bits per heavy atom. The number of pyridine rings is 1. The maximum atomic E-state index is 12.9. The van der Waals surface area contributed by atoms with Gasteiger partial charge in [-0.3, -0.25) is 19.5 Å². The molecule has 0 radical (unpaired) electrons. The Hall–Kier alpha value is -5.45. The number of esters is 1. The number of likely N-dealkylation sites (N-methyl/N-ethyl adjacent to an activating group) is 1. The van der Waals surface area contributed by atoms with E-state index in [1.54, 1.807) is 30.7 Å². The number of nitrogens with one attached hydrogen (secondary N) is 2. The van der Waals surface area contributed by atoms with E-state index in [2.05, 4.69) is 42.4 Å². The number of hydrogen-bond donors (Lipinski definition) is 2. The van der Waals surface area contributed by atoms with Crippen molar-refractivity contribution in [2.75, 3.05) is 43.9 Å². The van der Waals surface area contributed by atoms with Gasteiger partial charge in [-0.25, -0.2) is 9.97 Å². The Bertz CT molecular complexity index is 1760. The molecule has 0 atom stereocenters. The van der Waals surface area contributed by atoms with Gasteiger partial charge in [0.1, 0.15) is 5.75 Å². The molecule has 240 valence electrons. The van der Waals surface area contributed by atoms with Crippen LogP contribution in [0.4, 0.5) is 17.3 Å². The molecule has 3 aromatic carbocycles. The van der Waals surface area contributed by atoms with Crippen molar-refractivity contribution >= 4 is 29.2 Å². The first-order valence-corrected chi connectivity index (χ1v) is 15.5. The minimum atomic E-state index is -0.286. The molecular weight excluding hydrogens is 590 g/mol.